The molecule has 0 spiro atoms. The van der Waals surface area contributed by atoms with Gasteiger partial charge >= 0.3 is 0 Å². The second kappa shape index (κ2) is 8.11. The van der Waals surface area contributed by atoms with E-state index in [4.69, 9.17) is 9.47 Å². The first-order valence-electron chi connectivity index (χ1n) is 8.87. The number of hydrogen-bond acceptors (Lipinski definition) is 5. The van der Waals surface area contributed by atoms with Crippen LogP contribution in [-0.4, -0.2) is 53.1 Å². The van der Waals surface area contributed by atoms with E-state index in [0.717, 1.165) is 11.3 Å². The number of amides is 1. The van der Waals surface area contributed by atoms with E-state index in [2.05, 4.69) is 15.4 Å². The third-order valence-electron chi connectivity index (χ3n) is 4.22. The number of nitrogens with zero attached hydrogens (tertiary/aromatic N) is 3. The van der Waals surface area contributed by atoms with Gasteiger partial charge in [-0.25, -0.2) is 9.67 Å². The molecule has 1 aliphatic rings. The SMILES string of the molecule is O=C(NCC1COCCO1)c1nc(-c2ccccc2)n(-c2ccccc2)n1. The Bertz CT molecular complexity index is 833. The zero-order chi connectivity index (χ0) is 18.5. The summed E-state index contributed by atoms with van der Waals surface area (Å²) in [6, 6.07) is 19.3. The fourth-order valence-corrected chi connectivity index (χ4v) is 2.87. The molecule has 138 valence electrons. The molecular formula is C20H20N4O3. The molecule has 2 heterocycles. The molecule has 27 heavy (non-hydrogen) atoms. The van der Waals surface area contributed by atoms with Crippen LogP contribution in [0.3, 0.4) is 0 Å². The lowest BCUT2D eigenvalue weighted by molar-refractivity contribution is -0.0855. The number of hydrogen-bond donors (Lipinski definition) is 1. The lowest BCUT2D eigenvalue weighted by Gasteiger charge is -2.22. The summed E-state index contributed by atoms with van der Waals surface area (Å²) < 4.78 is 12.6. The lowest BCUT2D eigenvalue weighted by Crippen LogP contribution is -2.40. The Morgan fingerprint density at radius 3 is 2.52 bits per heavy atom. The zero-order valence-electron chi connectivity index (χ0n) is 14.7. The van der Waals surface area contributed by atoms with Gasteiger partial charge in [0.2, 0.25) is 5.82 Å². The molecule has 1 atom stereocenters. The summed E-state index contributed by atoms with van der Waals surface area (Å²) in [4.78, 5) is 17.1. The van der Waals surface area contributed by atoms with Crippen LogP contribution >= 0.6 is 0 Å². The Morgan fingerprint density at radius 2 is 1.81 bits per heavy atom. The van der Waals surface area contributed by atoms with E-state index >= 15 is 0 Å². The standard InChI is InChI=1S/C20H20N4O3/c25-20(21-13-17-14-26-11-12-27-17)18-22-19(15-7-3-1-4-8-15)24(23-18)16-9-5-2-6-10-16/h1-10,17H,11-14H2,(H,21,25). The first kappa shape index (κ1) is 17.4. The maximum absolute atomic E-state index is 12.6. The van der Waals surface area contributed by atoms with E-state index in [0.29, 0.717) is 32.2 Å². The maximum atomic E-state index is 12.6. The van der Waals surface area contributed by atoms with Crippen molar-refractivity contribution < 1.29 is 14.3 Å². The summed E-state index contributed by atoms with van der Waals surface area (Å²) in [6.45, 7) is 1.97. The van der Waals surface area contributed by atoms with Crippen LogP contribution < -0.4 is 5.32 Å². The van der Waals surface area contributed by atoms with Crippen molar-refractivity contribution in [3.05, 3.63) is 66.5 Å². The average Bonchev–Trinajstić information content (AvgIpc) is 3.20. The molecule has 0 aliphatic carbocycles. The summed E-state index contributed by atoms with van der Waals surface area (Å²) >= 11 is 0. The molecule has 0 radical (unpaired) electrons. The lowest BCUT2D eigenvalue weighted by atomic mass is 10.2. The highest BCUT2D eigenvalue weighted by Crippen LogP contribution is 2.20. The van der Waals surface area contributed by atoms with Gasteiger partial charge in [0.1, 0.15) is 0 Å². The minimum atomic E-state index is -0.337. The topological polar surface area (TPSA) is 78.3 Å². The summed E-state index contributed by atoms with van der Waals surface area (Å²) in [5, 5.41) is 7.27. The molecule has 7 nitrogen and oxygen atoms in total. The van der Waals surface area contributed by atoms with E-state index in [9.17, 15) is 4.79 Å². The predicted octanol–water partition coefficient (Wildman–Crippen LogP) is 2.08. The van der Waals surface area contributed by atoms with Gasteiger partial charge in [-0.3, -0.25) is 4.79 Å². The quantitative estimate of drug-likeness (QED) is 0.750. The van der Waals surface area contributed by atoms with Crippen molar-refractivity contribution in [2.75, 3.05) is 26.4 Å². The normalized spacial score (nSPS) is 16.8. The Balaban J connectivity index is 1.60. The van der Waals surface area contributed by atoms with Crippen LogP contribution in [0.25, 0.3) is 17.1 Å². The van der Waals surface area contributed by atoms with Crippen molar-refractivity contribution in [2.24, 2.45) is 0 Å². The molecule has 1 saturated heterocycles. The van der Waals surface area contributed by atoms with Crippen molar-refractivity contribution >= 4 is 5.91 Å². The van der Waals surface area contributed by atoms with Crippen molar-refractivity contribution in [2.45, 2.75) is 6.10 Å². The van der Waals surface area contributed by atoms with Crippen molar-refractivity contribution in [1.82, 2.24) is 20.1 Å². The molecule has 7 heteroatoms. The minimum absolute atomic E-state index is 0.120. The van der Waals surface area contributed by atoms with Gasteiger partial charge < -0.3 is 14.8 Å². The van der Waals surface area contributed by atoms with Crippen LogP contribution in [0.1, 0.15) is 10.6 Å². The number of aromatic nitrogens is 3. The largest absolute Gasteiger partial charge is 0.376 e. The molecule has 3 aromatic rings. The molecule has 2 aromatic carbocycles. The minimum Gasteiger partial charge on any atom is -0.376 e. The van der Waals surface area contributed by atoms with E-state index in [-0.39, 0.29) is 17.8 Å². The smallest absolute Gasteiger partial charge is 0.291 e. The molecule has 1 aliphatic heterocycles. The molecule has 1 amide bonds. The molecule has 1 unspecified atom stereocenters. The van der Waals surface area contributed by atoms with Crippen LogP contribution in [0.4, 0.5) is 0 Å². The van der Waals surface area contributed by atoms with Gasteiger partial charge in [0, 0.05) is 12.1 Å². The first-order valence-corrected chi connectivity index (χ1v) is 8.87. The highest BCUT2D eigenvalue weighted by molar-refractivity contribution is 5.91. The second-order valence-electron chi connectivity index (χ2n) is 6.15. The van der Waals surface area contributed by atoms with Crippen LogP contribution in [0.5, 0.6) is 0 Å². The molecule has 1 N–H and O–H groups in total. The van der Waals surface area contributed by atoms with Crippen molar-refractivity contribution in [1.29, 1.82) is 0 Å². The highest BCUT2D eigenvalue weighted by atomic mass is 16.6. The monoisotopic (exact) mass is 364 g/mol. The molecule has 0 bridgehead atoms. The Kier molecular flexibility index (Phi) is 5.22. The molecule has 1 aromatic heterocycles. The Morgan fingerprint density at radius 1 is 1.07 bits per heavy atom. The second-order valence-corrected chi connectivity index (χ2v) is 6.15. The third-order valence-corrected chi connectivity index (χ3v) is 4.22. The van der Waals surface area contributed by atoms with E-state index in [1.165, 1.54) is 0 Å². The summed E-state index contributed by atoms with van der Waals surface area (Å²) in [5.41, 5.74) is 1.73. The zero-order valence-corrected chi connectivity index (χ0v) is 14.7. The number of carbonyl (C=O) groups excluding carboxylic acids is 1. The van der Waals surface area contributed by atoms with Gasteiger partial charge in [-0.05, 0) is 12.1 Å². The van der Waals surface area contributed by atoms with Crippen LogP contribution in [0, 0.1) is 0 Å². The van der Waals surface area contributed by atoms with E-state index in [1.807, 2.05) is 60.7 Å². The van der Waals surface area contributed by atoms with Crippen LogP contribution in [0.2, 0.25) is 0 Å². The number of para-hydroxylation sites is 1. The van der Waals surface area contributed by atoms with Gasteiger partial charge in [0.15, 0.2) is 5.82 Å². The summed E-state index contributed by atoms with van der Waals surface area (Å²) in [6.07, 6.45) is -0.146. The van der Waals surface area contributed by atoms with Gasteiger partial charge in [-0.2, -0.15) is 0 Å². The van der Waals surface area contributed by atoms with Gasteiger partial charge in [0.25, 0.3) is 5.91 Å². The van der Waals surface area contributed by atoms with E-state index in [1.54, 1.807) is 4.68 Å². The maximum Gasteiger partial charge on any atom is 0.291 e. The van der Waals surface area contributed by atoms with Gasteiger partial charge in [-0.15, -0.1) is 5.10 Å². The third kappa shape index (κ3) is 4.05. The van der Waals surface area contributed by atoms with E-state index < -0.39 is 0 Å². The molecular weight excluding hydrogens is 344 g/mol. The fourth-order valence-electron chi connectivity index (χ4n) is 2.87. The Hall–Kier alpha value is -3.03. The average molecular weight is 364 g/mol. The summed E-state index contributed by atoms with van der Waals surface area (Å²) in [7, 11) is 0. The van der Waals surface area contributed by atoms with Crippen LogP contribution in [-0.2, 0) is 9.47 Å². The number of benzene rings is 2. The highest BCUT2D eigenvalue weighted by Gasteiger charge is 2.21. The predicted molar refractivity (Wildman–Crippen MR) is 99.7 cm³/mol. The molecule has 4 rings (SSSR count). The van der Waals surface area contributed by atoms with Crippen molar-refractivity contribution in [3.63, 3.8) is 0 Å². The first-order chi connectivity index (χ1) is 13.3. The summed E-state index contributed by atoms with van der Waals surface area (Å²) in [5.74, 6) is 0.398. The molecule has 0 saturated carbocycles. The van der Waals surface area contributed by atoms with Crippen molar-refractivity contribution in [3.8, 4) is 17.1 Å². The number of rotatable bonds is 5. The number of ether oxygens (including phenoxy) is 2. The Labute approximate surface area is 156 Å². The van der Waals surface area contributed by atoms with Gasteiger partial charge in [-0.1, -0.05) is 48.5 Å². The van der Waals surface area contributed by atoms with Crippen LogP contribution in [0.15, 0.2) is 60.7 Å². The number of carbonyl (C=O) groups is 1. The fraction of sp³-hybridized carbons (Fsp3) is 0.250. The van der Waals surface area contributed by atoms with Gasteiger partial charge in [0.05, 0.1) is 31.6 Å². The molecule has 1 fully saturated rings. The number of nitrogens with one attached hydrogen (secondary N) is 1.